The van der Waals surface area contributed by atoms with Crippen molar-refractivity contribution in [3.63, 3.8) is 0 Å². The van der Waals surface area contributed by atoms with Crippen molar-refractivity contribution in [1.82, 2.24) is 0 Å². The van der Waals surface area contributed by atoms with Gasteiger partial charge in [-0.1, -0.05) is 12.8 Å². The molecule has 7 heteroatoms. The number of hydrogen-bond donors (Lipinski definition) is 3. The van der Waals surface area contributed by atoms with Gasteiger partial charge >= 0.3 is 0 Å². The SMILES string of the molecule is NC1(C(=O)Nc2ccc(S(N)(=O)=O)cc2)CCCC1. The topological polar surface area (TPSA) is 115 Å². The van der Waals surface area contributed by atoms with Crippen molar-refractivity contribution in [3.8, 4) is 0 Å². The number of primary sulfonamides is 1. The summed E-state index contributed by atoms with van der Waals surface area (Å²) in [6.07, 6.45) is 3.25. The average Bonchev–Trinajstić information content (AvgIpc) is 2.77. The lowest BCUT2D eigenvalue weighted by atomic mass is 9.98. The molecule has 1 saturated carbocycles. The highest BCUT2D eigenvalue weighted by molar-refractivity contribution is 7.89. The van der Waals surface area contributed by atoms with Crippen LogP contribution in [0.1, 0.15) is 25.7 Å². The molecular formula is C12H17N3O3S. The van der Waals surface area contributed by atoms with Gasteiger partial charge in [-0.05, 0) is 37.1 Å². The van der Waals surface area contributed by atoms with E-state index in [1.54, 1.807) is 0 Å². The molecule has 5 N–H and O–H groups in total. The second-order valence-corrected chi connectivity index (χ2v) is 6.45. The Balaban J connectivity index is 2.10. The normalized spacial score (nSPS) is 18.2. The summed E-state index contributed by atoms with van der Waals surface area (Å²) in [6, 6.07) is 5.69. The summed E-state index contributed by atoms with van der Waals surface area (Å²) in [6.45, 7) is 0. The zero-order valence-electron chi connectivity index (χ0n) is 10.4. The molecule has 104 valence electrons. The van der Waals surface area contributed by atoms with Crippen molar-refractivity contribution in [2.75, 3.05) is 5.32 Å². The molecule has 0 aliphatic heterocycles. The van der Waals surface area contributed by atoms with Crippen LogP contribution >= 0.6 is 0 Å². The molecule has 6 nitrogen and oxygen atoms in total. The molecule has 0 spiro atoms. The number of carbonyl (C=O) groups excluding carboxylic acids is 1. The van der Waals surface area contributed by atoms with E-state index in [2.05, 4.69) is 5.32 Å². The number of amides is 1. The molecule has 1 aliphatic carbocycles. The van der Waals surface area contributed by atoms with Crippen LogP contribution in [0.4, 0.5) is 5.69 Å². The fourth-order valence-electron chi connectivity index (χ4n) is 2.22. The average molecular weight is 283 g/mol. The van der Waals surface area contributed by atoms with Gasteiger partial charge in [0.25, 0.3) is 0 Å². The molecule has 0 heterocycles. The molecule has 1 aromatic carbocycles. The molecule has 0 atom stereocenters. The van der Waals surface area contributed by atoms with Gasteiger partial charge in [0.15, 0.2) is 0 Å². The number of rotatable bonds is 3. The summed E-state index contributed by atoms with van der Waals surface area (Å²) in [4.78, 5) is 12.0. The Bertz CT molecular complexity index is 575. The van der Waals surface area contributed by atoms with Crippen LogP contribution in [-0.4, -0.2) is 19.9 Å². The molecule has 0 unspecified atom stereocenters. The van der Waals surface area contributed by atoms with Crippen molar-refractivity contribution in [2.24, 2.45) is 10.9 Å². The largest absolute Gasteiger partial charge is 0.324 e. The summed E-state index contributed by atoms with van der Waals surface area (Å²) in [5.74, 6) is -0.228. The van der Waals surface area contributed by atoms with Gasteiger partial charge in [-0.3, -0.25) is 4.79 Å². The number of nitrogens with one attached hydrogen (secondary N) is 1. The Morgan fingerprint density at radius 3 is 2.16 bits per heavy atom. The van der Waals surface area contributed by atoms with Crippen LogP contribution in [0.5, 0.6) is 0 Å². The van der Waals surface area contributed by atoms with E-state index in [1.807, 2.05) is 0 Å². The Kier molecular flexibility index (Phi) is 3.62. The first-order valence-corrected chi connectivity index (χ1v) is 7.59. The van der Waals surface area contributed by atoms with Gasteiger partial charge in [0.05, 0.1) is 10.4 Å². The van der Waals surface area contributed by atoms with Crippen molar-refractivity contribution in [2.45, 2.75) is 36.1 Å². The number of benzene rings is 1. The van der Waals surface area contributed by atoms with Gasteiger partial charge in [-0.2, -0.15) is 0 Å². The zero-order valence-corrected chi connectivity index (χ0v) is 11.2. The summed E-state index contributed by atoms with van der Waals surface area (Å²) in [7, 11) is -3.71. The van der Waals surface area contributed by atoms with Gasteiger partial charge < -0.3 is 11.1 Å². The van der Waals surface area contributed by atoms with Gasteiger partial charge in [0.1, 0.15) is 0 Å². The highest BCUT2D eigenvalue weighted by atomic mass is 32.2. The molecule has 1 fully saturated rings. The Morgan fingerprint density at radius 2 is 1.68 bits per heavy atom. The van der Waals surface area contributed by atoms with E-state index in [4.69, 9.17) is 10.9 Å². The Hall–Kier alpha value is -1.44. The minimum atomic E-state index is -3.71. The van der Waals surface area contributed by atoms with Crippen LogP contribution in [0, 0.1) is 0 Å². The minimum absolute atomic E-state index is 0.00817. The highest BCUT2D eigenvalue weighted by Crippen LogP contribution is 2.28. The predicted molar refractivity (Wildman–Crippen MR) is 71.8 cm³/mol. The van der Waals surface area contributed by atoms with Gasteiger partial charge in [-0.15, -0.1) is 0 Å². The molecule has 0 bridgehead atoms. The summed E-state index contributed by atoms with van der Waals surface area (Å²) < 4.78 is 22.2. The van der Waals surface area contributed by atoms with Crippen LogP contribution in [0.3, 0.4) is 0 Å². The lowest BCUT2D eigenvalue weighted by molar-refractivity contribution is -0.121. The Labute approximate surface area is 112 Å². The lowest BCUT2D eigenvalue weighted by Gasteiger charge is -2.22. The van der Waals surface area contributed by atoms with E-state index >= 15 is 0 Å². The summed E-state index contributed by atoms with van der Waals surface area (Å²) in [5, 5.41) is 7.70. The van der Waals surface area contributed by atoms with Crippen molar-refractivity contribution in [1.29, 1.82) is 0 Å². The third-order valence-electron chi connectivity index (χ3n) is 3.39. The van der Waals surface area contributed by atoms with E-state index in [0.29, 0.717) is 18.5 Å². The molecule has 1 aromatic rings. The fraction of sp³-hybridized carbons (Fsp3) is 0.417. The number of anilines is 1. The second-order valence-electron chi connectivity index (χ2n) is 4.89. The molecule has 0 radical (unpaired) electrons. The first kappa shape index (κ1) is 14.0. The molecule has 0 aromatic heterocycles. The van der Waals surface area contributed by atoms with Crippen molar-refractivity contribution < 1.29 is 13.2 Å². The van der Waals surface area contributed by atoms with Crippen LogP contribution < -0.4 is 16.2 Å². The standard InChI is InChI=1S/C12H17N3O3S/c13-12(7-1-2-8-12)11(16)15-9-3-5-10(6-4-9)19(14,17)18/h3-6H,1-2,7-8,13H2,(H,15,16)(H2,14,17,18). The van der Waals surface area contributed by atoms with Crippen LogP contribution in [0.15, 0.2) is 29.2 Å². The number of nitrogens with two attached hydrogens (primary N) is 2. The zero-order chi connectivity index (χ0) is 14.1. The van der Waals surface area contributed by atoms with Gasteiger partial charge in [0, 0.05) is 5.69 Å². The van der Waals surface area contributed by atoms with E-state index in [-0.39, 0.29) is 10.8 Å². The first-order chi connectivity index (χ1) is 8.81. The van der Waals surface area contributed by atoms with Crippen LogP contribution in [-0.2, 0) is 14.8 Å². The molecular weight excluding hydrogens is 266 g/mol. The minimum Gasteiger partial charge on any atom is -0.324 e. The smallest absolute Gasteiger partial charge is 0.244 e. The van der Waals surface area contributed by atoms with Crippen molar-refractivity contribution in [3.05, 3.63) is 24.3 Å². The van der Waals surface area contributed by atoms with E-state index < -0.39 is 15.6 Å². The van der Waals surface area contributed by atoms with Crippen molar-refractivity contribution >= 4 is 21.6 Å². The molecule has 2 rings (SSSR count). The van der Waals surface area contributed by atoms with E-state index in [0.717, 1.165) is 12.8 Å². The molecule has 0 saturated heterocycles. The number of hydrogen-bond acceptors (Lipinski definition) is 4. The lowest BCUT2D eigenvalue weighted by Crippen LogP contribution is -2.48. The van der Waals surface area contributed by atoms with Gasteiger partial charge in [0.2, 0.25) is 15.9 Å². The Morgan fingerprint density at radius 1 is 1.16 bits per heavy atom. The highest BCUT2D eigenvalue weighted by Gasteiger charge is 2.36. The van der Waals surface area contributed by atoms with E-state index in [9.17, 15) is 13.2 Å². The van der Waals surface area contributed by atoms with Gasteiger partial charge in [-0.25, -0.2) is 13.6 Å². The third-order valence-corrected chi connectivity index (χ3v) is 4.32. The predicted octanol–water partition coefficient (Wildman–Crippen LogP) is 0.544. The fourth-order valence-corrected chi connectivity index (χ4v) is 2.73. The number of sulfonamides is 1. The first-order valence-electron chi connectivity index (χ1n) is 6.04. The maximum absolute atomic E-state index is 12.0. The molecule has 19 heavy (non-hydrogen) atoms. The van der Waals surface area contributed by atoms with E-state index in [1.165, 1.54) is 24.3 Å². The maximum atomic E-state index is 12.0. The van der Waals surface area contributed by atoms with Crippen LogP contribution in [0.25, 0.3) is 0 Å². The molecule has 1 amide bonds. The molecule has 1 aliphatic rings. The number of carbonyl (C=O) groups is 1. The summed E-state index contributed by atoms with van der Waals surface area (Å²) >= 11 is 0. The summed E-state index contributed by atoms with van der Waals surface area (Å²) in [5.41, 5.74) is 5.72. The third kappa shape index (κ3) is 3.12. The van der Waals surface area contributed by atoms with Crippen LogP contribution in [0.2, 0.25) is 0 Å². The monoisotopic (exact) mass is 283 g/mol. The second kappa shape index (κ2) is 4.92. The quantitative estimate of drug-likeness (QED) is 0.751. The maximum Gasteiger partial charge on any atom is 0.244 e.